The van der Waals surface area contributed by atoms with Crippen LogP contribution in [-0.4, -0.2) is 18.7 Å². The lowest BCUT2D eigenvalue weighted by Crippen LogP contribution is -2.20. The predicted octanol–water partition coefficient (Wildman–Crippen LogP) is 3.05. The molecule has 5 heteroatoms. The predicted molar refractivity (Wildman–Crippen MR) is 80.3 cm³/mol. The van der Waals surface area contributed by atoms with Crippen LogP contribution in [0.4, 0.5) is 10.1 Å². The molecule has 0 unspecified atom stereocenters. The summed E-state index contributed by atoms with van der Waals surface area (Å²) in [6, 6.07) is 11.2. The number of carbonyl (C=O) groups excluding carboxylic acids is 2. The number of nitrogens with one attached hydrogen (secondary N) is 1. The minimum absolute atomic E-state index is 0.134. The van der Waals surface area contributed by atoms with Gasteiger partial charge < -0.3 is 10.1 Å². The van der Waals surface area contributed by atoms with Crippen molar-refractivity contribution >= 4 is 23.0 Å². The number of Topliss-reactive ketones (excluding diaryl/α,β-unsaturated/α-hetero) is 1. The fourth-order valence-corrected chi connectivity index (χ4v) is 2.33. The maximum atomic E-state index is 13.7. The van der Waals surface area contributed by atoms with Gasteiger partial charge in [-0.3, -0.25) is 9.59 Å². The van der Waals surface area contributed by atoms with Crippen molar-refractivity contribution in [3.63, 3.8) is 0 Å². The van der Waals surface area contributed by atoms with E-state index in [-0.39, 0.29) is 5.75 Å². The minimum atomic E-state index is -0.602. The molecular weight excluding hydrogens is 285 g/mol. The van der Waals surface area contributed by atoms with Crippen LogP contribution in [0.2, 0.25) is 0 Å². The SMILES string of the molecule is COc1ccc(NC2=CC(=O)C(=O)c3ccccc32)cc1F. The van der Waals surface area contributed by atoms with Crippen LogP contribution >= 0.6 is 0 Å². The van der Waals surface area contributed by atoms with Gasteiger partial charge in [0.25, 0.3) is 0 Å². The van der Waals surface area contributed by atoms with E-state index in [1.165, 1.54) is 25.3 Å². The smallest absolute Gasteiger partial charge is 0.233 e. The molecule has 0 heterocycles. The van der Waals surface area contributed by atoms with Crippen LogP contribution < -0.4 is 10.1 Å². The van der Waals surface area contributed by atoms with Gasteiger partial charge in [-0.25, -0.2) is 4.39 Å². The second-order valence-electron chi connectivity index (χ2n) is 4.77. The fraction of sp³-hybridized carbons (Fsp3) is 0.0588. The van der Waals surface area contributed by atoms with E-state index in [0.29, 0.717) is 22.5 Å². The molecule has 0 atom stereocenters. The summed E-state index contributed by atoms with van der Waals surface area (Å²) >= 11 is 0. The Hall–Kier alpha value is -2.95. The van der Waals surface area contributed by atoms with Gasteiger partial charge in [0.1, 0.15) is 0 Å². The average Bonchev–Trinajstić information content (AvgIpc) is 2.52. The molecule has 3 rings (SSSR count). The zero-order chi connectivity index (χ0) is 15.7. The van der Waals surface area contributed by atoms with Crippen LogP contribution in [0.15, 0.2) is 48.5 Å². The molecule has 0 radical (unpaired) electrons. The Morgan fingerprint density at radius 2 is 1.77 bits per heavy atom. The normalized spacial score (nSPS) is 13.5. The van der Waals surface area contributed by atoms with E-state index in [1.807, 2.05) is 0 Å². The molecule has 0 saturated carbocycles. The van der Waals surface area contributed by atoms with Crippen molar-refractivity contribution in [3.8, 4) is 5.75 Å². The maximum absolute atomic E-state index is 13.7. The van der Waals surface area contributed by atoms with Gasteiger partial charge >= 0.3 is 0 Å². The summed E-state index contributed by atoms with van der Waals surface area (Å²) in [4.78, 5) is 23.6. The van der Waals surface area contributed by atoms with Crippen molar-refractivity contribution < 1.29 is 18.7 Å². The lowest BCUT2D eigenvalue weighted by atomic mass is 9.92. The molecular formula is C17H12FNO3. The topological polar surface area (TPSA) is 55.4 Å². The summed E-state index contributed by atoms with van der Waals surface area (Å²) in [5.74, 6) is -1.52. The van der Waals surface area contributed by atoms with E-state index in [4.69, 9.17) is 4.74 Å². The molecule has 4 nitrogen and oxygen atoms in total. The van der Waals surface area contributed by atoms with Gasteiger partial charge in [-0.05, 0) is 12.1 Å². The monoisotopic (exact) mass is 297 g/mol. The molecule has 1 aliphatic carbocycles. The number of allylic oxidation sites excluding steroid dienone is 1. The molecule has 0 fully saturated rings. The molecule has 2 aromatic rings. The number of hydrogen-bond donors (Lipinski definition) is 1. The highest BCUT2D eigenvalue weighted by Gasteiger charge is 2.25. The average molecular weight is 297 g/mol. The van der Waals surface area contributed by atoms with E-state index >= 15 is 0 Å². The molecule has 1 N–H and O–H groups in total. The van der Waals surface area contributed by atoms with Gasteiger partial charge in [0.15, 0.2) is 11.6 Å². The number of halogens is 1. The number of ketones is 2. The second kappa shape index (κ2) is 5.44. The highest BCUT2D eigenvalue weighted by molar-refractivity contribution is 6.50. The summed E-state index contributed by atoms with van der Waals surface area (Å²) in [5.41, 5.74) is 1.88. The zero-order valence-electron chi connectivity index (χ0n) is 11.7. The summed E-state index contributed by atoms with van der Waals surface area (Å²) in [5, 5.41) is 2.97. The number of fused-ring (bicyclic) bond motifs is 1. The lowest BCUT2D eigenvalue weighted by molar-refractivity contribution is -0.111. The Balaban J connectivity index is 1.98. The Kier molecular flexibility index (Phi) is 3.47. The molecule has 22 heavy (non-hydrogen) atoms. The first-order valence-corrected chi connectivity index (χ1v) is 6.60. The second-order valence-corrected chi connectivity index (χ2v) is 4.77. The van der Waals surface area contributed by atoms with E-state index in [0.717, 1.165) is 0 Å². The molecule has 2 aromatic carbocycles. The highest BCUT2D eigenvalue weighted by Crippen LogP contribution is 2.28. The van der Waals surface area contributed by atoms with Crippen LogP contribution in [-0.2, 0) is 4.79 Å². The zero-order valence-corrected chi connectivity index (χ0v) is 11.7. The van der Waals surface area contributed by atoms with Crippen molar-refractivity contribution in [2.75, 3.05) is 12.4 Å². The van der Waals surface area contributed by atoms with Crippen LogP contribution in [0.5, 0.6) is 5.75 Å². The number of anilines is 1. The molecule has 0 aromatic heterocycles. The first kappa shape index (κ1) is 14.0. The molecule has 0 aliphatic heterocycles. The van der Waals surface area contributed by atoms with Crippen molar-refractivity contribution in [1.82, 2.24) is 0 Å². The summed E-state index contributed by atoms with van der Waals surface area (Å²) in [6.07, 6.45) is 1.23. The first-order chi connectivity index (χ1) is 10.6. The maximum Gasteiger partial charge on any atom is 0.233 e. The van der Waals surface area contributed by atoms with Crippen LogP contribution in [0.25, 0.3) is 5.70 Å². The Morgan fingerprint density at radius 1 is 1.05 bits per heavy atom. The van der Waals surface area contributed by atoms with Gasteiger partial charge in [0.2, 0.25) is 11.6 Å². The van der Waals surface area contributed by atoms with E-state index in [1.54, 1.807) is 30.3 Å². The standard InChI is InChI=1S/C17H12FNO3/c1-22-16-7-6-10(8-13(16)18)19-14-9-15(20)17(21)12-5-3-2-4-11(12)14/h2-9,19H,1H3. The van der Waals surface area contributed by atoms with Gasteiger partial charge in [-0.2, -0.15) is 0 Å². The van der Waals surface area contributed by atoms with Gasteiger partial charge in [-0.15, -0.1) is 0 Å². The highest BCUT2D eigenvalue weighted by atomic mass is 19.1. The number of benzene rings is 2. The van der Waals surface area contributed by atoms with Crippen molar-refractivity contribution in [2.45, 2.75) is 0 Å². The molecule has 110 valence electrons. The number of ether oxygens (including phenoxy) is 1. The lowest BCUT2D eigenvalue weighted by Gasteiger charge is -2.18. The van der Waals surface area contributed by atoms with E-state index < -0.39 is 17.4 Å². The fourth-order valence-electron chi connectivity index (χ4n) is 2.33. The van der Waals surface area contributed by atoms with E-state index in [2.05, 4.69) is 5.32 Å². The number of carbonyl (C=O) groups is 2. The van der Waals surface area contributed by atoms with Crippen LogP contribution in [0, 0.1) is 5.82 Å². The van der Waals surface area contributed by atoms with Gasteiger partial charge in [0.05, 0.1) is 12.8 Å². The minimum Gasteiger partial charge on any atom is -0.494 e. The summed E-state index contributed by atoms with van der Waals surface area (Å²) in [6.45, 7) is 0. The van der Waals surface area contributed by atoms with Crippen molar-refractivity contribution in [1.29, 1.82) is 0 Å². The molecule has 0 saturated heterocycles. The number of methoxy groups -OCH3 is 1. The first-order valence-electron chi connectivity index (χ1n) is 6.60. The van der Waals surface area contributed by atoms with Crippen molar-refractivity contribution in [2.24, 2.45) is 0 Å². The molecule has 0 amide bonds. The molecule has 0 bridgehead atoms. The van der Waals surface area contributed by atoms with Crippen LogP contribution in [0.3, 0.4) is 0 Å². The van der Waals surface area contributed by atoms with E-state index in [9.17, 15) is 14.0 Å². The van der Waals surface area contributed by atoms with Gasteiger partial charge in [-0.1, -0.05) is 24.3 Å². The quantitative estimate of drug-likeness (QED) is 0.885. The van der Waals surface area contributed by atoms with Crippen molar-refractivity contribution in [3.05, 3.63) is 65.5 Å². The molecule has 1 aliphatic rings. The number of rotatable bonds is 3. The summed E-state index contributed by atoms with van der Waals surface area (Å²) in [7, 11) is 1.38. The third-order valence-electron chi connectivity index (χ3n) is 3.39. The Bertz CT molecular complexity index is 811. The van der Waals surface area contributed by atoms with Crippen LogP contribution in [0.1, 0.15) is 15.9 Å². The largest absolute Gasteiger partial charge is 0.494 e. The Labute approximate surface area is 126 Å². The number of hydrogen-bond acceptors (Lipinski definition) is 4. The Morgan fingerprint density at radius 3 is 2.45 bits per heavy atom. The van der Waals surface area contributed by atoms with Gasteiger partial charge in [0, 0.05) is 29.0 Å². The third-order valence-corrected chi connectivity index (χ3v) is 3.39. The third kappa shape index (κ3) is 2.37. The molecule has 0 spiro atoms. The summed E-state index contributed by atoms with van der Waals surface area (Å²) < 4.78 is 18.6.